The van der Waals surface area contributed by atoms with E-state index in [-0.39, 0.29) is 12.1 Å². The van der Waals surface area contributed by atoms with E-state index < -0.39 is 0 Å². The summed E-state index contributed by atoms with van der Waals surface area (Å²) in [5.41, 5.74) is 1.01. The Bertz CT molecular complexity index is 430. The van der Waals surface area contributed by atoms with Crippen LogP contribution in [-0.2, 0) is 6.54 Å². The number of benzene rings is 1. The van der Waals surface area contributed by atoms with E-state index in [9.17, 15) is 0 Å². The average molecular weight is 248 g/mol. The van der Waals surface area contributed by atoms with Gasteiger partial charge in [0.2, 0.25) is 0 Å². The summed E-state index contributed by atoms with van der Waals surface area (Å²) in [6, 6.07) is 7.55. The van der Waals surface area contributed by atoms with Gasteiger partial charge in [0, 0.05) is 17.6 Å². The van der Waals surface area contributed by atoms with Gasteiger partial charge >= 0.3 is 0 Å². The van der Waals surface area contributed by atoms with Crippen molar-refractivity contribution in [3.63, 3.8) is 0 Å². The molecule has 0 aliphatic carbocycles. The number of ether oxygens (including phenoxy) is 2. The molecule has 0 unspecified atom stereocenters. The van der Waals surface area contributed by atoms with Crippen LogP contribution in [0.2, 0.25) is 0 Å². The largest absolute Gasteiger partial charge is 0.497 e. The average Bonchev–Trinajstić information content (AvgIpc) is 2.33. The van der Waals surface area contributed by atoms with Crippen molar-refractivity contribution >= 4 is 0 Å². The van der Waals surface area contributed by atoms with Crippen LogP contribution in [0.25, 0.3) is 0 Å². The van der Waals surface area contributed by atoms with Crippen LogP contribution in [0, 0.1) is 11.3 Å². The topological polar surface area (TPSA) is 54.3 Å². The minimum absolute atomic E-state index is 0.0234. The highest BCUT2D eigenvalue weighted by atomic mass is 16.5. The molecule has 0 atom stereocenters. The Morgan fingerprint density at radius 2 is 2.06 bits per heavy atom. The molecule has 98 valence electrons. The lowest BCUT2D eigenvalue weighted by Gasteiger charge is -2.21. The number of methoxy groups -OCH3 is 1. The van der Waals surface area contributed by atoms with Gasteiger partial charge in [0.15, 0.2) is 6.61 Å². The summed E-state index contributed by atoms with van der Waals surface area (Å²) in [6.45, 7) is 7.02. The van der Waals surface area contributed by atoms with E-state index in [0.717, 1.165) is 11.3 Å². The molecule has 1 rings (SSSR count). The first kappa shape index (κ1) is 14.3. The molecule has 0 saturated heterocycles. The Morgan fingerprint density at radius 1 is 1.33 bits per heavy atom. The maximum Gasteiger partial charge on any atom is 0.174 e. The van der Waals surface area contributed by atoms with Crippen LogP contribution in [-0.4, -0.2) is 19.3 Å². The first-order valence-electron chi connectivity index (χ1n) is 5.88. The van der Waals surface area contributed by atoms with Gasteiger partial charge in [-0.25, -0.2) is 0 Å². The molecule has 0 aliphatic heterocycles. The molecule has 1 aromatic carbocycles. The first-order valence-corrected chi connectivity index (χ1v) is 5.88. The van der Waals surface area contributed by atoms with Gasteiger partial charge in [0.25, 0.3) is 0 Å². The molecule has 0 spiro atoms. The standard InChI is InChI=1S/C14H20N2O2/c1-14(2,3)16-10-11-9-12(17-4)5-6-13(11)18-8-7-15/h5-6,9,16H,8,10H2,1-4H3. The van der Waals surface area contributed by atoms with E-state index in [0.29, 0.717) is 12.3 Å². The highest BCUT2D eigenvalue weighted by Gasteiger charge is 2.12. The Hall–Kier alpha value is -1.73. The number of nitriles is 1. The molecule has 0 saturated carbocycles. The zero-order valence-electron chi connectivity index (χ0n) is 11.4. The monoisotopic (exact) mass is 248 g/mol. The van der Waals surface area contributed by atoms with Gasteiger partial charge in [0.05, 0.1) is 7.11 Å². The predicted molar refractivity (Wildman–Crippen MR) is 70.7 cm³/mol. The molecule has 0 bridgehead atoms. The normalized spacial score (nSPS) is 10.8. The van der Waals surface area contributed by atoms with Crippen LogP contribution in [0.15, 0.2) is 18.2 Å². The molecule has 4 nitrogen and oxygen atoms in total. The van der Waals surface area contributed by atoms with E-state index in [4.69, 9.17) is 14.7 Å². The molecule has 0 radical (unpaired) electrons. The molecule has 4 heteroatoms. The summed E-state index contributed by atoms with van der Waals surface area (Å²) in [5.74, 6) is 1.50. The molecule has 1 N–H and O–H groups in total. The molecule has 0 heterocycles. The maximum atomic E-state index is 8.56. The molecule has 0 aromatic heterocycles. The number of nitrogens with zero attached hydrogens (tertiary/aromatic N) is 1. The van der Waals surface area contributed by atoms with Crippen molar-refractivity contribution in [2.75, 3.05) is 13.7 Å². The van der Waals surface area contributed by atoms with Crippen molar-refractivity contribution in [3.8, 4) is 17.6 Å². The van der Waals surface area contributed by atoms with Crippen molar-refractivity contribution in [3.05, 3.63) is 23.8 Å². The summed E-state index contributed by atoms with van der Waals surface area (Å²) in [7, 11) is 1.63. The van der Waals surface area contributed by atoms with Gasteiger partial charge in [-0.05, 0) is 39.0 Å². The highest BCUT2D eigenvalue weighted by Crippen LogP contribution is 2.24. The fourth-order valence-electron chi connectivity index (χ4n) is 1.43. The van der Waals surface area contributed by atoms with Gasteiger partial charge in [-0.1, -0.05) is 0 Å². The molecular formula is C14H20N2O2. The van der Waals surface area contributed by atoms with E-state index in [2.05, 4.69) is 26.1 Å². The van der Waals surface area contributed by atoms with Crippen LogP contribution in [0.4, 0.5) is 0 Å². The van der Waals surface area contributed by atoms with E-state index >= 15 is 0 Å². The van der Waals surface area contributed by atoms with Gasteiger partial charge in [-0.2, -0.15) is 5.26 Å². The van der Waals surface area contributed by atoms with Crippen molar-refractivity contribution < 1.29 is 9.47 Å². The van der Waals surface area contributed by atoms with Gasteiger partial charge in [0.1, 0.15) is 17.6 Å². The molecule has 0 aliphatic rings. The van der Waals surface area contributed by atoms with Gasteiger partial charge in [-0.3, -0.25) is 0 Å². The lowest BCUT2D eigenvalue weighted by molar-refractivity contribution is 0.354. The van der Waals surface area contributed by atoms with E-state index in [1.807, 2.05) is 24.3 Å². The van der Waals surface area contributed by atoms with Crippen LogP contribution < -0.4 is 14.8 Å². The Kier molecular flexibility index (Phi) is 4.99. The van der Waals surface area contributed by atoms with E-state index in [1.54, 1.807) is 7.11 Å². The second kappa shape index (κ2) is 6.27. The Balaban J connectivity index is 2.86. The van der Waals surface area contributed by atoms with Crippen molar-refractivity contribution in [1.82, 2.24) is 5.32 Å². The summed E-state index contributed by atoms with van der Waals surface area (Å²) < 4.78 is 10.6. The zero-order chi connectivity index (χ0) is 13.6. The van der Waals surface area contributed by atoms with Crippen molar-refractivity contribution in [1.29, 1.82) is 5.26 Å². The highest BCUT2D eigenvalue weighted by molar-refractivity contribution is 5.40. The van der Waals surface area contributed by atoms with E-state index in [1.165, 1.54) is 0 Å². The summed E-state index contributed by atoms with van der Waals surface area (Å²) in [5, 5.41) is 12.0. The quantitative estimate of drug-likeness (QED) is 0.869. The predicted octanol–water partition coefficient (Wildman–Crippen LogP) is 2.49. The van der Waals surface area contributed by atoms with Crippen molar-refractivity contribution in [2.24, 2.45) is 0 Å². The second-order valence-corrected chi connectivity index (χ2v) is 5.02. The Labute approximate surface area is 109 Å². The summed E-state index contributed by atoms with van der Waals surface area (Å²) in [4.78, 5) is 0. The molecule has 18 heavy (non-hydrogen) atoms. The van der Waals surface area contributed by atoms with Crippen LogP contribution in [0.3, 0.4) is 0 Å². The second-order valence-electron chi connectivity index (χ2n) is 5.02. The van der Waals surface area contributed by atoms with Crippen molar-refractivity contribution in [2.45, 2.75) is 32.9 Å². The summed E-state index contributed by atoms with van der Waals surface area (Å²) >= 11 is 0. The first-order chi connectivity index (χ1) is 8.46. The molecule has 0 amide bonds. The van der Waals surface area contributed by atoms with Gasteiger partial charge in [-0.15, -0.1) is 0 Å². The third-order valence-corrected chi connectivity index (χ3v) is 2.37. The van der Waals surface area contributed by atoms with Gasteiger partial charge < -0.3 is 14.8 Å². The third kappa shape index (κ3) is 4.64. The molecule has 1 aromatic rings. The van der Waals surface area contributed by atoms with Crippen LogP contribution in [0.1, 0.15) is 26.3 Å². The number of nitrogens with one attached hydrogen (secondary N) is 1. The minimum atomic E-state index is 0.0234. The smallest absolute Gasteiger partial charge is 0.174 e. The zero-order valence-corrected chi connectivity index (χ0v) is 11.4. The number of rotatable bonds is 5. The lowest BCUT2D eigenvalue weighted by atomic mass is 10.1. The van der Waals surface area contributed by atoms with Crippen LogP contribution in [0.5, 0.6) is 11.5 Å². The Morgan fingerprint density at radius 3 is 2.61 bits per heavy atom. The molecule has 0 fully saturated rings. The fraction of sp³-hybridized carbons (Fsp3) is 0.500. The third-order valence-electron chi connectivity index (χ3n) is 2.37. The lowest BCUT2D eigenvalue weighted by Crippen LogP contribution is -2.35. The fourth-order valence-corrected chi connectivity index (χ4v) is 1.43. The minimum Gasteiger partial charge on any atom is -0.497 e. The molecular weight excluding hydrogens is 228 g/mol. The number of hydrogen-bond acceptors (Lipinski definition) is 4. The number of hydrogen-bond donors (Lipinski definition) is 1. The SMILES string of the molecule is COc1ccc(OCC#N)c(CNC(C)(C)C)c1. The maximum absolute atomic E-state index is 8.56. The van der Waals surface area contributed by atoms with Crippen LogP contribution >= 0.6 is 0 Å². The summed E-state index contributed by atoms with van der Waals surface area (Å²) in [6.07, 6.45) is 0.